The summed E-state index contributed by atoms with van der Waals surface area (Å²) in [5.74, 6) is -4.15. The molecule has 1 aliphatic rings. The maximum atomic E-state index is 13.8. The summed E-state index contributed by atoms with van der Waals surface area (Å²) in [4.78, 5) is 40.3. The van der Waals surface area contributed by atoms with E-state index < -0.39 is 35.4 Å². The normalized spacial score (nSPS) is 15.6. The molecule has 0 fully saturated rings. The number of likely N-dealkylation sites (N-methyl/N-ethyl adjacent to an activating group) is 1. The van der Waals surface area contributed by atoms with Gasteiger partial charge in [0, 0.05) is 24.7 Å². The predicted octanol–water partition coefficient (Wildman–Crippen LogP) is 3.72. The van der Waals surface area contributed by atoms with Crippen LogP contribution in [0.15, 0.2) is 66.7 Å². The molecule has 3 amide bonds. The third-order valence-electron chi connectivity index (χ3n) is 5.94. The molecule has 4 rings (SSSR count). The van der Waals surface area contributed by atoms with Crippen LogP contribution >= 0.6 is 0 Å². The van der Waals surface area contributed by atoms with E-state index in [4.69, 9.17) is 0 Å². The Morgan fingerprint density at radius 2 is 1.65 bits per heavy atom. The van der Waals surface area contributed by atoms with E-state index in [9.17, 15) is 23.2 Å². The molecule has 0 aliphatic carbocycles. The lowest BCUT2D eigenvalue weighted by molar-refractivity contribution is -0.136. The van der Waals surface area contributed by atoms with Crippen molar-refractivity contribution in [3.05, 3.63) is 89.5 Å². The Morgan fingerprint density at radius 1 is 0.971 bits per heavy atom. The molecular weight excluding hydrogens is 440 g/mol. The maximum absolute atomic E-state index is 13.8. The fourth-order valence-electron chi connectivity index (χ4n) is 3.97. The standard InChI is InChI=1S/C26H23F2N3O3/c1-15(24(32)29-14-16-13-17(27)11-12-21(16)28)25(33)30-23-20-9-4-3-7-18(20)19-8-5-6-10-22(19)31(2)26(23)34/h3-13,15,23H,14H2,1-2H3,(H,29,32)(H,30,33). The van der Waals surface area contributed by atoms with Gasteiger partial charge in [0.2, 0.25) is 11.8 Å². The molecule has 6 nitrogen and oxygen atoms in total. The molecule has 1 heterocycles. The van der Waals surface area contributed by atoms with Crippen molar-refractivity contribution in [2.75, 3.05) is 11.9 Å². The minimum absolute atomic E-state index is 0.0341. The Labute approximate surface area is 195 Å². The topological polar surface area (TPSA) is 78.5 Å². The number of carbonyl (C=O) groups excluding carboxylic acids is 3. The molecular formula is C26H23F2N3O3. The van der Waals surface area contributed by atoms with E-state index in [-0.39, 0.29) is 18.0 Å². The highest BCUT2D eigenvalue weighted by molar-refractivity contribution is 6.07. The molecule has 2 N–H and O–H groups in total. The van der Waals surface area contributed by atoms with Gasteiger partial charge >= 0.3 is 0 Å². The maximum Gasteiger partial charge on any atom is 0.253 e. The minimum Gasteiger partial charge on any atom is -0.351 e. The van der Waals surface area contributed by atoms with Crippen molar-refractivity contribution < 1.29 is 23.2 Å². The van der Waals surface area contributed by atoms with Gasteiger partial charge in [-0.3, -0.25) is 14.4 Å². The van der Waals surface area contributed by atoms with Gasteiger partial charge in [-0.25, -0.2) is 8.78 Å². The van der Waals surface area contributed by atoms with Crippen molar-refractivity contribution in [1.82, 2.24) is 10.6 Å². The summed E-state index contributed by atoms with van der Waals surface area (Å²) in [5.41, 5.74) is 2.95. The van der Waals surface area contributed by atoms with E-state index in [1.54, 1.807) is 19.2 Å². The highest BCUT2D eigenvalue weighted by atomic mass is 19.1. The van der Waals surface area contributed by atoms with Crippen LogP contribution in [-0.2, 0) is 20.9 Å². The van der Waals surface area contributed by atoms with Gasteiger partial charge in [-0.15, -0.1) is 0 Å². The lowest BCUT2D eigenvalue weighted by Gasteiger charge is -2.24. The van der Waals surface area contributed by atoms with Crippen LogP contribution in [0, 0.1) is 17.6 Å². The number of anilines is 1. The van der Waals surface area contributed by atoms with E-state index in [1.807, 2.05) is 36.4 Å². The van der Waals surface area contributed by atoms with Gasteiger partial charge in [-0.1, -0.05) is 42.5 Å². The largest absolute Gasteiger partial charge is 0.351 e. The number of hydrogen-bond acceptors (Lipinski definition) is 3. The first-order chi connectivity index (χ1) is 16.3. The molecule has 34 heavy (non-hydrogen) atoms. The van der Waals surface area contributed by atoms with E-state index in [0.29, 0.717) is 11.3 Å². The van der Waals surface area contributed by atoms with Crippen molar-refractivity contribution in [3.8, 4) is 11.1 Å². The molecule has 1 aliphatic heterocycles. The second kappa shape index (κ2) is 9.43. The highest BCUT2D eigenvalue weighted by Gasteiger charge is 2.35. The number of halogens is 2. The SMILES string of the molecule is CC(C(=O)NCc1cc(F)ccc1F)C(=O)NC1C(=O)N(C)c2ccccc2-c2ccccc21. The molecule has 174 valence electrons. The molecule has 3 aromatic rings. The first-order valence-corrected chi connectivity index (χ1v) is 10.8. The van der Waals surface area contributed by atoms with E-state index in [1.165, 1.54) is 11.8 Å². The number of para-hydroxylation sites is 1. The number of rotatable bonds is 5. The van der Waals surface area contributed by atoms with Gasteiger partial charge in [0.25, 0.3) is 5.91 Å². The van der Waals surface area contributed by atoms with Crippen molar-refractivity contribution in [1.29, 1.82) is 0 Å². The van der Waals surface area contributed by atoms with E-state index in [0.717, 1.165) is 29.3 Å². The Kier molecular flexibility index (Phi) is 6.40. The number of fused-ring (bicyclic) bond motifs is 3. The summed E-state index contributed by atoms with van der Waals surface area (Å²) in [6.45, 7) is 1.11. The monoisotopic (exact) mass is 463 g/mol. The van der Waals surface area contributed by atoms with Gasteiger partial charge in [0.1, 0.15) is 23.6 Å². The van der Waals surface area contributed by atoms with Gasteiger partial charge in [0.15, 0.2) is 0 Å². The smallest absolute Gasteiger partial charge is 0.253 e. The quantitative estimate of drug-likeness (QED) is 0.566. The lowest BCUT2D eigenvalue weighted by Crippen LogP contribution is -2.45. The highest BCUT2D eigenvalue weighted by Crippen LogP contribution is 2.39. The third-order valence-corrected chi connectivity index (χ3v) is 5.94. The Morgan fingerprint density at radius 3 is 2.41 bits per heavy atom. The molecule has 3 aromatic carbocycles. The van der Waals surface area contributed by atoms with Crippen LogP contribution in [0.3, 0.4) is 0 Å². The minimum atomic E-state index is -1.17. The lowest BCUT2D eigenvalue weighted by atomic mass is 9.95. The molecule has 8 heteroatoms. The van der Waals surface area contributed by atoms with Gasteiger partial charge < -0.3 is 15.5 Å². The summed E-state index contributed by atoms with van der Waals surface area (Å²) in [7, 11) is 1.63. The third kappa shape index (κ3) is 4.39. The van der Waals surface area contributed by atoms with Crippen molar-refractivity contribution >= 4 is 23.4 Å². The summed E-state index contributed by atoms with van der Waals surface area (Å²) < 4.78 is 27.2. The second-order valence-electron chi connectivity index (χ2n) is 8.12. The molecule has 0 saturated heterocycles. The molecule has 0 aromatic heterocycles. The Bertz CT molecular complexity index is 1280. The fraction of sp³-hybridized carbons (Fsp3) is 0.192. The number of benzene rings is 3. The summed E-state index contributed by atoms with van der Waals surface area (Å²) in [6.07, 6.45) is 0. The number of hydrogen-bond donors (Lipinski definition) is 2. The van der Waals surface area contributed by atoms with Crippen molar-refractivity contribution in [2.45, 2.75) is 19.5 Å². The van der Waals surface area contributed by atoms with Crippen LogP contribution in [0.1, 0.15) is 24.1 Å². The summed E-state index contributed by atoms with van der Waals surface area (Å²) >= 11 is 0. The molecule has 2 atom stereocenters. The molecule has 0 bridgehead atoms. The molecule has 0 radical (unpaired) electrons. The summed E-state index contributed by atoms with van der Waals surface area (Å²) in [5, 5.41) is 5.15. The van der Waals surface area contributed by atoms with Crippen molar-refractivity contribution in [2.24, 2.45) is 5.92 Å². The first kappa shape index (κ1) is 23.1. The number of nitrogens with zero attached hydrogens (tertiary/aromatic N) is 1. The average Bonchev–Trinajstić information content (AvgIpc) is 2.93. The number of carbonyl (C=O) groups is 3. The van der Waals surface area contributed by atoms with Crippen molar-refractivity contribution in [3.63, 3.8) is 0 Å². The fourth-order valence-corrected chi connectivity index (χ4v) is 3.97. The average molecular weight is 463 g/mol. The molecule has 0 spiro atoms. The zero-order valence-electron chi connectivity index (χ0n) is 18.6. The first-order valence-electron chi connectivity index (χ1n) is 10.8. The van der Waals surface area contributed by atoms with Crippen LogP contribution in [0.5, 0.6) is 0 Å². The van der Waals surface area contributed by atoms with Crippen LogP contribution < -0.4 is 15.5 Å². The van der Waals surface area contributed by atoms with Crippen LogP contribution in [0.25, 0.3) is 11.1 Å². The zero-order chi connectivity index (χ0) is 24.4. The van der Waals surface area contributed by atoms with Gasteiger partial charge in [-0.05, 0) is 42.3 Å². The van der Waals surface area contributed by atoms with Crippen LogP contribution in [0.2, 0.25) is 0 Å². The van der Waals surface area contributed by atoms with Gasteiger partial charge in [-0.2, -0.15) is 0 Å². The molecule has 2 unspecified atom stereocenters. The second-order valence-corrected chi connectivity index (χ2v) is 8.12. The Balaban J connectivity index is 1.53. The van der Waals surface area contributed by atoms with E-state index >= 15 is 0 Å². The summed E-state index contributed by atoms with van der Waals surface area (Å²) in [6, 6.07) is 16.7. The van der Waals surface area contributed by atoms with Crippen LogP contribution in [0.4, 0.5) is 14.5 Å². The predicted molar refractivity (Wildman–Crippen MR) is 124 cm³/mol. The van der Waals surface area contributed by atoms with E-state index in [2.05, 4.69) is 10.6 Å². The number of nitrogens with one attached hydrogen (secondary N) is 2. The Hall–Kier alpha value is -4.07. The number of amides is 3. The zero-order valence-corrected chi connectivity index (χ0v) is 18.6. The molecule has 0 saturated carbocycles. The van der Waals surface area contributed by atoms with Crippen LogP contribution in [-0.4, -0.2) is 24.8 Å². The van der Waals surface area contributed by atoms with Gasteiger partial charge in [0.05, 0.1) is 5.69 Å².